The molecule has 2 nitrogen and oxygen atoms in total. The third-order valence-electron chi connectivity index (χ3n) is 3.67. The molecule has 19 heavy (non-hydrogen) atoms. The first-order chi connectivity index (χ1) is 9.25. The van der Waals surface area contributed by atoms with Crippen molar-refractivity contribution in [3.05, 3.63) is 70.2 Å². The Kier molecular flexibility index (Phi) is 3.56. The molecular formula is C16H16ClNO. The highest BCUT2D eigenvalue weighted by molar-refractivity contribution is 6.31. The number of hydrogen-bond donors (Lipinski definition) is 2. The molecule has 0 saturated heterocycles. The summed E-state index contributed by atoms with van der Waals surface area (Å²) in [5, 5.41) is 14.3. The molecule has 2 aromatic rings. The largest absolute Gasteiger partial charge is 0.391 e. The van der Waals surface area contributed by atoms with E-state index in [0.717, 1.165) is 17.0 Å². The van der Waals surface area contributed by atoms with Gasteiger partial charge in [0.25, 0.3) is 0 Å². The average molecular weight is 274 g/mol. The van der Waals surface area contributed by atoms with Gasteiger partial charge in [-0.05, 0) is 22.8 Å². The quantitative estimate of drug-likeness (QED) is 0.901. The molecule has 0 saturated carbocycles. The van der Waals surface area contributed by atoms with Crippen molar-refractivity contribution in [2.75, 3.05) is 0 Å². The molecular weight excluding hydrogens is 258 g/mol. The number of aliphatic hydroxyl groups is 1. The Balaban J connectivity index is 1.76. The molecule has 1 aliphatic carbocycles. The van der Waals surface area contributed by atoms with Crippen LogP contribution in [-0.4, -0.2) is 11.2 Å². The number of rotatable bonds is 3. The first-order valence-corrected chi connectivity index (χ1v) is 6.86. The lowest BCUT2D eigenvalue weighted by Gasteiger charge is -2.18. The van der Waals surface area contributed by atoms with E-state index in [1.54, 1.807) is 0 Å². The van der Waals surface area contributed by atoms with Gasteiger partial charge in [-0.3, -0.25) is 0 Å². The van der Waals surface area contributed by atoms with Crippen molar-refractivity contribution in [1.82, 2.24) is 5.32 Å². The van der Waals surface area contributed by atoms with Crippen molar-refractivity contribution < 1.29 is 5.11 Å². The highest BCUT2D eigenvalue weighted by Crippen LogP contribution is 2.31. The molecule has 0 aliphatic heterocycles. The van der Waals surface area contributed by atoms with Crippen LogP contribution >= 0.6 is 11.6 Å². The van der Waals surface area contributed by atoms with Crippen molar-refractivity contribution >= 4 is 11.6 Å². The molecule has 3 rings (SSSR count). The van der Waals surface area contributed by atoms with E-state index in [9.17, 15) is 5.11 Å². The van der Waals surface area contributed by atoms with Gasteiger partial charge in [0.2, 0.25) is 0 Å². The Labute approximate surface area is 118 Å². The molecule has 2 N–H and O–H groups in total. The maximum absolute atomic E-state index is 10.2. The van der Waals surface area contributed by atoms with Crippen LogP contribution in [0.1, 0.15) is 22.7 Å². The van der Waals surface area contributed by atoms with Gasteiger partial charge in [-0.1, -0.05) is 54.1 Å². The number of nitrogens with one attached hydrogen (secondary N) is 1. The van der Waals surface area contributed by atoms with Crippen LogP contribution in [0.15, 0.2) is 48.5 Å². The molecule has 0 radical (unpaired) electrons. The highest BCUT2D eigenvalue weighted by atomic mass is 35.5. The van der Waals surface area contributed by atoms with Gasteiger partial charge in [0, 0.05) is 18.0 Å². The summed E-state index contributed by atoms with van der Waals surface area (Å²) in [6.45, 7) is 0.662. The molecule has 0 spiro atoms. The zero-order chi connectivity index (χ0) is 13.2. The number of benzene rings is 2. The second-order valence-corrected chi connectivity index (χ2v) is 5.33. The lowest BCUT2D eigenvalue weighted by molar-refractivity contribution is 0.140. The van der Waals surface area contributed by atoms with Crippen molar-refractivity contribution in [3.8, 4) is 0 Å². The second-order valence-electron chi connectivity index (χ2n) is 4.92. The van der Waals surface area contributed by atoms with E-state index in [-0.39, 0.29) is 12.1 Å². The van der Waals surface area contributed by atoms with Crippen LogP contribution in [0, 0.1) is 0 Å². The van der Waals surface area contributed by atoms with Crippen LogP contribution in [0.25, 0.3) is 0 Å². The smallest absolute Gasteiger partial charge is 0.0775 e. The van der Waals surface area contributed by atoms with Crippen LogP contribution < -0.4 is 5.32 Å². The molecule has 0 bridgehead atoms. The van der Waals surface area contributed by atoms with Crippen LogP contribution in [0.4, 0.5) is 0 Å². The Morgan fingerprint density at radius 3 is 2.68 bits per heavy atom. The predicted molar refractivity (Wildman–Crippen MR) is 77.2 cm³/mol. The summed E-state index contributed by atoms with van der Waals surface area (Å²) in [5.41, 5.74) is 3.48. The van der Waals surface area contributed by atoms with Gasteiger partial charge in [-0.15, -0.1) is 0 Å². The van der Waals surface area contributed by atoms with E-state index in [4.69, 9.17) is 11.6 Å². The molecule has 1 aliphatic rings. The monoisotopic (exact) mass is 273 g/mol. The van der Waals surface area contributed by atoms with E-state index in [0.29, 0.717) is 6.54 Å². The van der Waals surface area contributed by atoms with Gasteiger partial charge in [-0.25, -0.2) is 0 Å². The number of hydrogen-bond acceptors (Lipinski definition) is 2. The van der Waals surface area contributed by atoms with E-state index in [2.05, 4.69) is 17.4 Å². The highest BCUT2D eigenvalue weighted by Gasteiger charge is 2.30. The summed E-state index contributed by atoms with van der Waals surface area (Å²) in [4.78, 5) is 0. The Hall–Kier alpha value is -1.35. The third kappa shape index (κ3) is 2.52. The fourth-order valence-corrected chi connectivity index (χ4v) is 2.88. The molecule has 0 aromatic heterocycles. The van der Waals surface area contributed by atoms with Crippen LogP contribution in [0.5, 0.6) is 0 Å². The maximum Gasteiger partial charge on any atom is 0.0775 e. The standard InChI is InChI=1S/C16H16ClNO/c17-14-8-4-2-6-12(14)10-18-16-13-7-3-1-5-11(13)9-15(16)19/h1-8,15-16,18-19H,9-10H2/t15-,16+/m1/s1. The van der Waals surface area contributed by atoms with E-state index in [1.807, 2.05) is 36.4 Å². The minimum absolute atomic E-state index is 0.00697. The van der Waals surface area contributed by atoms with Gasteiger partial charge in [0.1, 0.15) is 0 Å². The van der Waals surface area contributed by atoms with Crippen molar-refractivity contribution in [2.45, 2.75) is 25.1 Å². The number of fused-ring (bicyclic) bond motifs is 1. The molecule has 3 heteroatoms. The summed E-state index contributed by atoms with van der Waals surface area (Å²) in [5.74, 6) is 0. The van der Waals surface area contributed by atoms with E-state index >= 15 is 0 Å². The van der Waals surface area contributed by atoms with Gasteiger partial charge in [-0.2, -0.15) is 0 Å². The first kappa shape index (κ1) is 12.7. The topological polar surface area (TPSA) is 32.3 Å². The fraction of sp³-hybridized carbons (Fsp3) is 0.250. The minimum Gasteiger partial charge on any atom is -0.391 e. The number of halogens is 1. The van der Waals surface area contributed by atoms with Crippen LogP contribution in [0.2, 0.25) is 5.02 Å². The molecule has 0 unspecified atom stereocenters. The second kappa shape index (κ2) is 5.33. The molecule has 0 amide bonds. The molecule has 0 fully saturated rings. The Bertz CT molecular complexity index is 584. The summed E-state index contributed by atoms with van der Waals surface area (Å²) < 4.78 is 0. The van der Waals surface area contributed by atoms with E-state index < -0.39 is 0 Å². The fourth-order valence-electron chi connectivity index (χ4n) is 2.68. The van der Waals surface area contributed by atoms with Gasteiger partial charge in [0.05, 0.1) is 12.1 Å². The molecule has 2 atom stereocenters. The van der Waals surface area contributed by atoms with E-state index in [1.165, 1.54) is 11.1 Å². The number of aliphatic hydroxyl groups excluding tert-OH is 1. The van der Waals surface area contributed by atoms with Gasteiger partial charge in [0.15, 0.2) is 0 Å². The minimum atomic E-state index is -0.361. The molecule has 98 valence electrons. The lowest BCUT2D eigenvalue weighted by Crippen LogP contribution is -2.28. The van der Waals surface area contributed by atoms with Crippen LogP contribution in [0.3, 0.4) is 0 Å². The summed E-state index contributed by atoms with van der Waals surface area (Å²) in [7, 11) is 0. The summed E-state index contributed by atoms with van der Waals surface area (Å²) in [6.07, 6.45) is 0.357. The normalized spacial score (nSPS) is 21.4. The maximum atomic E-state index is 10.2. The summed E-state index contributed by atoms with van der Waals surface area (Å²) in [6, 6.07) is 16.0. The Morgan fingerprint density at radius 2 is 1.84 bits per heavy atom. The van der Waals surface area contributed by atoms with Crippen molar-refractivity contribution in [3.63, 3.8) is 0 Å². The zero-order valence-electron chi connectivity index (χ0n) is 10.5. The lowest BCUT2D eigenvalue weighted by atomic mass is 10.1. The first-order valence-electron chi connectivity index (χ1n) is 6.48. The van der Waals surface area contributed by atoms with Crippen molar-refractivity contribution in [2.24, 2.45) is 0 Å². The average Bonchev–Trinajstić information content (AvgIpc) is 2.74. The zero-order valence-corrected chi connectivity index (χ0v) is 11.3. The molecule has 2 aromatic carbocycles. The molecule has 0 heterocycles. The third-order valence-corrected chi connectivity index (χ3v) is 4.04. The Morgan fingerprint density at radius 1 is 1.11 bits per heavy atom. The SMILES string of the molecule is O[C@@H]1Cc2ccccc2[C@@H]1NCc1ccccc1Cl. The predicted octanol–water partition coefficient (Wildman–Crippen LogP) is 3.09. The van der Waals surface area contributed by atoms with Gasteiger partial charge < -0.3 is 10.4 Å². The van der Waals surface area contributed by atoms with Crippen molar-refractivity contribution in [1.29, 1.82) is 0 Å². The summed E-state index contributed by atoms with van der Waals surface area (Å²) >= 11 is 6.14. The van der Waals surface area contributed by atoms with Gasteiger partial charge >= 0.3 is 0 Å². The van der Waals surface area contributed by atoms with Crippen LogP contribution in [-0.2, 0) is 13.0 Å².